The zero-order valence-electron chi connectivity index (χ0n) is 9.02. The molecular weight excluding hydrogens is 190 g/mol. The Balaban J connectivity index is 3.44. The van der Waals surface area contributed by atoms with E-state index in [4.69, 9.17) is 24.0 Å². The quantitative estimate of drug-likeness (QED) is 0.383. The molecule has 0 saturated heterocycles. The van der Waals surface area contributed by atoms with E-state index in [0.29, 0.717) is 33.0 Å². The van der Waals surface area contributed by atoms with Crippen LogP contribution in [-0.4, -0.2) is 52.6 Å². The Morgan fingerprint density at radius 2 is 1.29 bits per heavy atom. The van der Waals surface area contributed by atoms with Crippen molar-refractivity contribution in [3.05, 3.63) is 0 Å². The fourth-order valence-corrected chi connectivity index (χ4v) is 0.607. The van der Waals surface area contributed by atoms with Crippen LogP contribution in [-0.2, 0) is 24.0 Å². The number of nitrogens with zero attached hydrogens (tertiary/aromatic N) is 1. The van der Waals surface area contributed by atoms with E-state index in [9.17, 15) is 0 Å². The lowest BCUT2D eigenvalue weighted by Crippen LogP contribution is -2.28. The standard InChI is InChI=1S/C8H19NO5/c1-4-12-9(13-7-5-10-2)14-8-6-11-3/h4-8H2,1-3H3. The molecule has 0 aliphatic heterocycles. The molecule has 0 radical (unpaired) electrons. The Morgan fingerprint density at radius 1 is 0.786 bits per heavy atom. The van der Waals surface area contributed by atoms with Crippen molar-refractivity contribution < 1.29 is 24.0 Å². The van der Waals surface area contributed by atoms with Gasteiger partial charge in [-0.25, -0.2) is 9.68 Å². The molecule has 0 unspecified atom stereocenters. The first-order valence-corrected chi connectivity index (χ1v) is 4.51. The average molecular weight is 209 g/mol. The summed E-state index contributed by atoms with van der Waals surface area (Å²) >= 11 is 0. The monoisotopic (exact) mass is 209 g/mol. The molecule has 0 aliphatic rings. The maximum Gasteiger partial charge on any atom is 0.0969 e. The molecule has 6 heteroatoms. The molecule has 0 aromatic rings. The van der Waals surface area contributed by atoms with Crippen LogP contribution in [0.3, 0.4) is 0 Å². The van der Waals surface area contributed by atoms with Gasteiger partial charge >= 0.3 is 0 Å². The molecule has 0 N–H and O–H groups in total. The third-order valence-corrected chi connectivity index (χ3v) is 1.20. The van der Waals surface area contributed by atoms with Gasteiger partial charge in [-0.3, -0.25) is 4.84 Å². The van der Waals surface area contributed by atoms with Gasteiger partial charge in [0.2, 0.25) is 0 Å². The smallest absolute Gasteiger partial charge is 0.0969 e. The van der Waals surface area contributed by atoms with Crippen molar-refractivity contribution in [1.82, 2.24) is 5.39 Å². The van der Waals surface area contributed by atoms with Crippen LogP contribution in [0.5, 0.6) is 0 Å². The third kappa shape index (κ3) is 8.36. The van der Waals surface area contributed by atoms with E-state index < -0.39 is 0 Å². The molecule has 0 aromatic carbocycles. The Kier molecular flexibility index (Phi) is 10.7. The van der Waals surface area contributed by atoms with Gasteiger partial charge in [-0.05, 0) is 6.92 Å². The van der Waals surface area contributed by atoms with Crippen molar-refractivity contribution in [2.75, 3.05) is 47.3 Å². The Bertz CT molecular complexity index is 104. The molecule has 0 fully saturated rings. The van der Waals surface area contributed by atoms with Crippen molar-refractivity contribution >= 4 is 0 Å². The second-order valence-corrected chi connectivity index (χ2v) is 2.29. The predicted octanol–water partition coefficient (Wildman–Crippen LogP) is 0.396. The van der Waals surface area contributed by atoms with Gasteiger partial charge in [0.1, 0.15) is 0 Å². The van der Waals surface area contributed by atoms with Crippen LogP contribution in [0.2, 0.25) is 0 Å². The SMILES string of the molecule is CCON(OCCOC)OCCOC. The molecule has 0 bridgehead atoms. The van der Waals surface area contributed by atoms with Gasteiger partial charge in [-0.2, -0.15) is 0 Å². The Morgan fingerprint density at radius 3 is 1.64 bits per heavy atom. The summed E-state index contributed by atoms with van der Waals surface area (Å²) in [6, 6.07) is 0. The van der Waals surface area contributed by atoms with Crippen molar-refractivity contribution in [2.24, 2.45) is 0 Å². The summed E-state index contributed by atoms with van der Waals surface area (Å²) < 4.78 is 9.62. The van der Waals surface area contributed by atoms with Crippen LogP contribution in [0.15, 0.2) is 0 Å². The average Bonchev–Trinajstić information content (AvgIpc) is 2.18. The highest BCUT2D eigenvalue weighted by Crippen LogP contribution is 1.94. The molecule has 0 aromatic heterocycles. The van der Waals surface area contributed by atoms with Crippen molar-refractivity contribution in [3.8, 4) is 0 Å². The third-order valence-electron chi connectivity index (χ3n) is 1.20. The normalized spacial score (nSPS) is 11.1. The second kappa shape index (κ2) is 10.8. The molecule has 6 nitrogen and oxygen atoms in total. The summed E-state index contributed by atoms with van der Waals surface area (Å²) in [4.78, 5) is 15.2. The lowest BCUT2D eigenvalue weighted by molar-refractivity contribution is -0.526. The Labute approximate surface area is 84.5 Å². The zero-order valence-corrected chi connectivity index (χ0v) is 9.02. The van der Waals surface area contributed by atoms with Crippen LogP contribution in [0, 0.1) is 0 Å². The minimum absolute atomic E-state index is 0.378. The molecule has 0 saturated carbocycles. The van der Waals surface area contributed by atoms with Gasteiger partial charge in [0.05, 0.1) is 38.4 Å². The van der Waals surface area contributed by atoms with Crippen molar-refractivity contribution in [3.63, 3.8) is 0 Å². The summed E-state index contributed by atoms with van der Waals surface area (Å²) in [6.45, 7) is 4.04. The van der Waals surface area contributed by atoms with Crippen LogP contribution < -0.4 is 0 Å². The van der Waals surface area contributed by atoms with Crippen molar-refractivity contribution in [1.29, 1.82) is 0 Å². The summed E-state index contributed by atoms with van der Waals surface area (Å²) in [5.41, 5.74) is 0. The van der Waals surface area contributed by atoms with Gasteiger partial charge in [0.25, 0.3) is 0 Å². The summed E-state index contributed by atoms with van der Waals surface area (Å²) in [5.74, 6) is 0. The van der Waals surface area contributed by atoms with Gasteiger partial charge in [-0.15, -0.1) is 0 Å². The molecule has 86 valence electrons. The second-order valence-electron chi connectivity index (χ2n) is 2.29. The van der Waals surface area contributed by atoms with Crippen LogP contribution in [0.25, 0.3) is 0 Å². The van der Waals surface area contributed by atoms with E-state index in [1.165, 1.54) is 0 Å². The zero-order chi connectivity index (χ0) is 10.6. The first kappa shape index (κ1) is 13.8. The first-order valence-electron chi connectivity index (χ1n) is 4.51. The lowest BCUT2D eigenvalue weighted by Gasteiger charge is -2.18. The van der Waals surface area contributed by atoms with E-state index in [1.807, 2.05) is 6.92 Å². The molecule has 0 heterocycles. The maximum atomic E-state index is 5.08. The first-order chi connectivity index (χ1) is 6.85. The van der Waals surface area contributed by atoms with Crippen LogP contribution >= 0.6 is 0 Å². The highest BCUT2D eigenvalue weighted by atomic mass is 17.2. The summed E-state index contributed by atoms with van der Waals surface area (Å²) in [6.07, 6.45) is 0. The Hall–Kier alpha value is -0.240. The molecular formula is C8H19NO5. The molecule has 0 aliphatic carbocycles. The molecule has 0 atom stereocenters. The minimum atomic E-state index is 0.378. The van der Waals surface area contributed by atoms with E-state index in [1.54, 1.807) is 14.2 Å². The van der Waals surface area contributed by atoms with E-state index in [0.717, 1.165) is 5.39 Å². The molecule has 0 amide bonds. The van der Waals surface area contributed by atoms with Crippen molar-refractivity contribution in [2.45, 2.75) is 6.92 Å². The number of methoxy groups -OCH3 is 2. The number of hydrogen-bond acceptors (Lipinski definition) is 6. The van der Waals surface area contributed by atoms with Crippen LogP contribution in [0.1, 0.15) is 6.92 Å². The summed E-state index contributed by atoms with van der Waals surface area (Å²) in [7, 11) is 3.19. The van der Waals surface area contributed by atoms with Gasteiger partial charge in [0, 0.05) is 14.2 Å². The molecule has 0 rings (SSSR count). The number of rotatable bonds is 10. The predicted molar refractivity (Wildman–Crippen MR) is 49.1 cm³/mol. The van der Waals surface area contributed by atoms with E-state index in [-0.39, 0.29) is 0 Å². The molecule has 0 spiro atoms. The summed E-state index contributed by atoms with van der Waals surface area (Å²) in [5, 5.41) is 0.984. The van der Waals surface area contributed by atoms with Crippen LogP contribution in [0.4, 0.5) is 0 Å². The number of hydrogen-bond donors (Lipinski definition) is 0. The highest BCUT2D eigenvalue weighted by Gasteiger charge is 2.05. The fraction of sp³-hybridized carbons (Fsp3) is 1.00. The highest BCUT2D eigenvalue weighted by molar-refractivity contribution is 4.21. The minimum Gasteiger partial charge on any atom is -0.382 e. The maximum absolute atomic E-state index is 5.08. The van der Waals surface area contributed by atoms with Gasteiger partial charge in [0.15, 0.2) is 0 Å². The van der Waals surface area contributed by atoms with E-state index in [2.05, 4.69) is 0 Å². The van der Waals surface area contributed by atoms with Gasteiger partial charge < -0.3 is 9.47 Å². The van der Waals surface area contributed by atoms with E-state index >= 15 is 0 Å². The molecule has 14 heavy (non-hydrogen) atoms. The fourth-order valence-electron chi connectivity index (χ4n) is 0.607. The topological polar surface area (TPSA) is 49.4 Å². The number of ether oxygens (including phenoxy) is 2. The largest absolute Gasteiger partial charge is 0.382 e. The van der Waals surface area contributed by atoms with Gasteiger partial charge in [-0.1, -0.05) is 0 Å². The lowest BCUT2D eigenvalue weighted by atomic mass is 10.8.